The second-order valence-corrected chi connectivity index (χ2v) is 5.34. The highest BCUT2D eigenvalue weighted by molar-refractivity contribution is 5.81. The highest BCUT2D eigenvalue weighted by Gasteiger charge is 2.17. The zero-order valence-corrected chi connectivity index (χ0v) is 12.1. The van der Waals surface area contributed by atoms with Crippen LogP contribution in [-0.4, -0.2) is 44.5 Å². The molecule has 1 saturated heterocycles. The Kier molecular flexibility index (Phi) is 4.30. The van der Waals surface area contributed by atoms with E-state index in [1.807, 2.05) is 25.1 Å². The number of anilines is 2. The van der Waals surface area contributed by atoms with Crippen LogP contribution in [0.3, 0.4) is 0 Å². The molecule has 1 aromatic rings. The molecule has 4 heteroatoms. The summed E-state index contributed by atoms with van der Waals surface area (Å²) < 4.78 is 0. The molecule has 19 heavy (non-hydrogen) atoms. The molecule has 0 saturated carbocycles. The van der Waals surface area contributed by atoms with E-state index in [4.69, 9.17) is 0 Å². The molecule has 0 aliphatic carbocycles. The first kappa shape index (κ1) is 13.7. The van der Waals surface area contributed by atoms with E-state index in [1.165, 1.54) is 11.3 Å². The average molecular weight is 261 g/mol. The first-order valence-corrected chi connectivity index (χ1v) is 6.87. The van der Waals surface area contributed by atoms with Crippen molar-refractivity contribution in [2.45, 2.75) is 19.8 Å². The van der Waals surface area contributed by atoms with Gasteiger partial charge in [0, 0.05) is 38.6 Å². The van der Waals surface area contributed by atoms with Crippen LogP contribution >= 0.6 is 0 Å². The summed E-state index contributed by atoms with van der Waals surface area (Å²) >= 11 is 0. The predicted molar refractivity (Wildman–Crippen MR) is 79.8 cm³/mol. The summed E-state index contributed by atoms with van der Waals surface area (Å²) in [5.41, 5.74) is 3.42. The third kappa shape index (κ3) is 3.40. The molecule has 0 radical (unpaired) electrons. The molecule has 0 unspecified atom stereocenters. The Hall–Kier alpha value is -1.71. The van der Waals surface area contributed by atoms with E-state index in [2.05, 4.69) is 29.3 Å². The van der Waals surface area contributed by atoms with E-state index in [-0.39, 0.29) is 5.91 Å². The van der Waals surface area contributed by atoms with E-state index < -0.39 is 0 Å². The standard InChI is InChI=1S/C15H23N3O/c1-12-6-7-13(10-14(12)17(2)3)16-11-15(19)18-8-4-5-9-18/h6-7,10,16H,4-5,8-9,11H2,1-3H3. The topological polar surface area (TPSA) is 35.6 Å². The van der Waals surface area contributed by atoms with Crippen LogP contribution < -0.4 is 10.2 Å². The average Bonchev–Trinajstić information content (AvgIpc) is 2.91. The summed E-state index contributed by atoms with van der Waals surface area (Å²) in [7, 11) is 4.06. The Balaban J connectivity index is 1.95. The molecule has 1 aliphatic heterocycles. The largest absolute Gasteiger partial charge is 0.377 e. The third-order valence-electron chi connectivity index (χ3n) is 3.59. The van der Waals surface area contributed by atoms with Crippen LogP contribution in [0.1, 0.15) is 18.4 Å². The van der Waals surface area contributed by atoms with Gasteiger partial charge in [0.05, 0.1) is 6.54 Å². The van der Waals surface area contributed by atoms with Gasteiger partial charge in [-0.2, -0.15) is 0 Å². The normalized spacial score (nSPS) is 14.6. The number of rotatable bonds is 4. The van der Waals surface area contributed by atoms with Gasteiger partial charge >= 0.3 is 0 Å². The van der Waals surface area contributed by atoms with Crippen molar-refractivity contribution in [2.75, 3.05) is 43.9 Å². The highest BCUT2D eigenvalue weighted by atomic mass is 16.2. The Morgan fingerprint density at radius 1 is 1.32 bits per heavy atom. The van der Waals surface area contributed by atoms with Crippen molar-refractivity contribution in [3.8, 4) is 0 Å². The maximum absolute atomic E-state index is 12.0. The molecular formula is C15H23N3O. The van der Waals surface area contributed by atoms with Gasteiger partial charge in [-0.15, -0.1) is 0 Å². The molecule has 104 valence electrons. The van der Waals surface area contributed by atoms with Crippen LogP contribution in [-0.2, 0) is 4.79 Å². The lowest BCUT2D eigenvalue weighted by Gasteiger charge is -2.19. The lowest BCUT2D eigenvalue weighted by Crippen LogP contribution is -2.33. The van der Waals surface area contributed by atoms with Gasteiger partial charge in [0.2, 0.25) is 5.91 Å². The molecule has 0 spiro atoms. The number of aryl methyl sites for hydroxylation is 1. The van der Waals surface area contributed by atoms with Crippen LogP contribution in [0, 0.1) is 6.92 Å². The SMILES string of the molecule is Cc1ccc(NCC(=O)N2CCCC2)cc1N(C)C. The number of benzene rings is 1. The minimum atomic E-state index is 0.199. The summed E-state index contributed by atoms with van der Waals surface area (Å²) in [5, 5.41) is 3.23. The van der Waals surface area contributed by atoms with Crippen molar-refractivity contribution in [3.05, 3.63) is 23.8 Å². The Morgan fingerprint density at radius 2 is 2.00 bits per heavy atom. The van der Waals surface area contributed by atoms with Gasteiger partial charge in [-0.25, -0.2) is 0 Å². The molecule has 1 fully saturated rings. The number of amides is 1. The Morgan fingerprint density at radius 3 is 2.63 bits per heavy atom. The van der Waals surface area contributed by atoms with Crippen molar-refractivity contribution >= 4 is 17.3 Å². The van der Waals surface area contributed by atoms with Crippen molar-refractivity contribution in [1.82, 2.24) is 4.90 Å². The molecule has 1 amide bonds. The molecule has 1 aliphatic rings. The summed E-state index contributed by atoms with van der Waals surface area (Å²) in [6, 6.07) is 6.20. The van der Waals surface area contributed by atoms with Crippen molar-refractivity contribution < 1.29 is 4.79 Å². The van der Waals surface area contributed by atoms with Gasteiger partial charge in [0.1, 0.15) is 0 Å². The monoisotopic (exact) mass is 261 g/mol. The quantitative estimate of drug-likeness (QED) is 0.901. The van der Waals surface area contributed by atoms with E-state index in [1.54, 1.807) is 0 Å². The van der Waals surface area contributed by atoms with Crippen molar-refractivity contribution in [3.63, 3.8) is 0 Å². The molecule has 0 aromatic heterocycles. The molecular weight excluding hydrogens is 238 g/mol. The Labute approximate surface area is 115 Å². The molecule has 0 atom stereocenters. The predicted octanol–water partition coefficient (Wildman–Crippen LogP) is 2.10. The minimum Gasteiger partial charge on any atom is -0.377 e. The molecule has 1 aromatic carbocycles. The summed E-state index contributed by atoms with van der Waals surface area (Å²) in [6.07, 6.45) is 2.28. The first-order chi connectivity index (χ1) is 9.08. The summed E-state index contributed by atoms with van der Waals surface area (Å²) in [5.74, 6) is 0.199. The fourth-order valence-electron chi connectivity index (χ4n) is 2.46. The molecule has 2 rings (SSSR count). The third-order valence-corrected chi connectivity index (χ3v) is 3.59. The zero-order valence-electron chi connectivity index (χ0n) is 12.1. The van der Waals surface area contributed by atoms with E-state index >= 15 is 0 Å². The highest BCUT2D eigenvalue weighted by Crippen LogP contribution is 2.22. The van der Waals surface area contributed by atoms with Crippen molar-refractivity contribution in [2.24, 2.45) is 0 Å². The zero-order chi connectivity index (χ0) is 13.8. The minimum absolute atomic E-state index is 0.199. The molecule has 1 N–H and O–H groups in total. The van der Waals surface area contributed by atoms with Crippen LogP contribution in [0.2, 0.25) is 0 Å². The summed E-state index contributed by atoms with van der Waals surface area (Å²) in [4.78, 5) is 16.0. The fourth-order valence-corrected chi connectivity index (χ4v) is 2.46. The van der Waals surface area contributed by atoms with Gasteiger partial charge in [0.25, 0.3) is 0 Å². The maximum atomic E-state index is 12.0. The number of carbonyl (C=O) groups excluding carboxylic acids is 1. The fraction of sp³-hybridized carbons (Fsp3) is 0.533. The first-order valence-electron chi connectivity index (χ1n) is 6.87. The van der Waals surface area contributed by atoms with Crippen LogP contribution in [0.4, 0.5) is 11.4 Å². The second kappa shape index (κ2) is 5.95. The van der Waals surface area contributed by atoms with E-state index in [0.29, 0.717) is 6.54 Å². The van der Waals surface area contributed by atoms with E-state index in [0.717, 1.165) is 31.6 Å². The molecule has 0 bridgehead atoms. The molecule has 1 heterocycles. The number of nitrogens with zero attached hydrogens (tertiary/aromatic N) is 2. The van der Waals surface area contributed by atoms with Gasteiger partial charge in [-0.1, -0.05) is 6.07 Å². The van der Waals surface area contributed by atoms with Crippen molar-refractivity contribution in [1.29, 1.82) is 0 Å². The number of likely N-dealkylation sites (tertiary alicyclic amines) is 1. The second-order valence-electron chi connectivity index (χ2n) is 5.34. The van der Waals surface area contributed by atoms with Gasteiger partial charge in [0.15, 0.2) is 0 Å². The number of hydrogen-bond donors (Lipinski definition) is 1. The van der Waals surface area contributed by atoms with E-state index in [9.17, 15) is 4.79 Å². The number of carbonyl (C=O) groups is 1. The number of nitrogens with one attached hydrogen (secondary N) is 1. The van der Waals surface area contributed by atoms with Crippen LogP contribution in [0.5, 0.6) is 0 Å². The van der Waals surface area contributed by atoms with Gasteiger partial charge in [-0.3, -0.25) is 4.79 Å². The lowest BCUT2D eigenvalue weighted by atomic mass is 10.1. The van der Waals surface area contributed by atoms with Crippen LogP contribution in [0.25, 0.3) is 0 Å². The smallest absolute Gasteiger partial charge is 0.241 e. The van der Waals surface area contributed by atoms with Gasteiger partial charge < -0.3 is 15.1 Å². The molecule has 4 nitrogen and oxygen atoms in total. The van der Waals surface area contributed by atoms with Gasteiger partial charge in [-0.05, 0) is 37.5 Å². The number of hydrogen-bond acceptors (Lipinski definition) is 3. The lowest BCUT2D eigenvalue weighted by molar-refractivity contribution is -0.128. The maximum Gasteiger partial charge on any atom is 0.241 e. The van der Waals surface area contributed by atoms with Crippen LogP contribution in [0.15, 0.2) is 18.2 Å². The Bertz CT molecular complexity index is 451. The summed E-state index contributed by atoms with van der Waals surface area (Å²) in [6.45, 7) is 4.30.